The summed E-state index contributed by atoms with van der Waals surface area (Å²) >= 11 is 15.8. The fourth-order valence-electron chi connectivity index (χ4n) is 1.49. The van der Waals surface area contributed by atoms with Crippen molar-refractivity contribution in [1.29, 1.82) is 0 Å². The molecule has 0 radical (unpaired) electrons. The topological polar surface area (TPSA) is 28.7 Å². The van der Waals surface area contributed by atoms with Crippen LogP contribution in [0.5, 0.6) is 0 Å². The quantitative estimate of drug-likeness (QED) is 0.835. The summed E-state index contributed by atoms with van der Waals surface area (Å²) in [7, 11) is 0. The van der Waals surface area contributed by atoms with Gasteiger partial charge >= 0.3 is 0 Å². The molecule has 1 heterocycles. The SMILES string of the molecule is Clc1cccc(Cl)c1C(Br)Cc1ncc[nH]1. The van der Waals surface area contributed by atoms with Gasteiger partial charge in [0.1, 0.15) is 5.82 Å². The standard InChI is InChI=1S/C11H9BrCl2N2/c12-7(6-10-15-4-5-16-10)11-8(13)2-1-3-9(11)14/h1-5,7H,6H2,(H,15,16). The van der Waals surface area contributed by atoms with E-state index < -0.39 is 0 Å². The molecule has 2 aromatic rings. The van der Waals surface area contributed by atoms with Gasteiger partial charge < -0.3 is 4.98 Å². The second-order valence-electron chi connectivity index (χ2n) is 3.34. The number of hydrogen-bond acceptors (Lipinski definition) is 1. The fraction of sp³-hybridized carbons (Fsp3) is 0.182. The van der Waals surface area contributed by atoms with E-state index in [4.69, 9.17) is 23.2 Å². The number of nitrogens with one attached hydrogen (secondary N) is 1. The molecule has 1 atom stereocenters. The normalized spacial score (nSPS) is 12.7. The zero-order valence-electron chi connectivity index (χ0n) is 8.25. The van der Waals surface area contributed by atoms with E-state index in [1.54, 1.807) is 12.4 Å². The first-order valence-electron chi connectivity index (χ1n) is 4.74. The van der Waals surface area contributed by atoms with Gasteiger partial charge in [0.2, 0.25) is 0 Å². The molecule has 16 heavy (non-hydrogen) atoms. The van der Waals surface area contributed by atoms with Crippen LogP contribution >= 0.6 is 39.1 Å². The molecule has 0 bridgehead atoms. The van der Waals surface area contributed by atoms with Crippen LogP contribution in [0, 0.1) is 0 Å². The predicted molar refractivity (Wildman–Crippen MR) is 70.4 cm³/mol. The Morgan fingerprint density at radius 2 is 2.00 bits per heavy atom. The second-order valence-corrected chi connectivity index (χ2v) is 5.26. The number of halogens is 3. The number of nitrogens with zero attached hydrogens (tertiary/aromatic N) is 1. The third-order valence-electron chi connectivity index (χ3n) is 2.24. The van der Waals surface area contributed by atoms with Gasteiger partial charge in [-0.15, -0.1) is 0 Å². The molecular weight excluding hydrogens is 311 g/mol. The molecule has 2 nitrogen and oxygen atoms in total. The molecule has 1 unspecified atom stereocenters. The van der Waals surface area contributed by atoms with Gasteiger partial charge in [0.05, 0.1) is 0 Å². The maximum atomic E-state index is 6.12. The number of hydrogen-bond donors (Lipinski definition) is 1. The molecule has 0 spiro atoms. The molecule has 84 valence electrons. The maximum absolute atomic E-state index is 6.12. The molecule has 0 aliphatic heterocycles. The number of benzene rings is 1. The van der Waals surface area contributed by atoms with Crippen LogP contribution in [0.1, 0.15) is 16.2 Å². The molecule has 5 heteroatoms. The summed E-state index contributed by atoms with van der Waals surface area (Å²) in [5.74, 6) is 0.901. The molecule has 1 aromatic heterocycles. The summed E-state index contributed by atoms with van der Waals surface area (Å²) < 4.78 is 0. The number of aromatic nitrogens is 2. The number of rotatable bonds is 3. The van der Waals surface area contributed by atoms with Crippen molar-refractivity contribution in [2.45, 2.75) is 11.2 Å². The van der Waals surface area contributed by atoms with Gasteiger partial charge in [0.25, 0.3) is 0 Å². The number of alkyl halides is 1. The average Bonchev–Trinajstić information content (AvgIpc) is 2.70. The van der Waals surface area contributed by atoms with Gasteiger partial charge in [-0.05, 0) is 12.1 Å². The average molecular weight is 320 g/mol. The number of imidazole rings is 1. The summed E-state index contributed by atoms with van der Waals surface area (Å²) in [5.41, 5.74) is 0.905. The summed E-state index contributed by atoms with van der Waals surface area (Å²) in [6.07, 6.45) is 4.24. The largest absolute Gasteiger partial charge is 0.349 e. The molecule has 0 aliphatic rings. The minimum Gasteiger partial charge on any atom is -0.349 e. The van der Waals surface area contributed by atoms with E-state index in [-0.39, 0.29) is 4.83 Å². The van der Waals surface area contributed by atoms with Crippen molar-refractivity contribution in [2.24, 2.45) is 0 Å². The van der Waals surface area contributed by atoms with Gasteiger partial charge in [-0.1, -0.05) is 45.2 Å². The highest BCUT2D eigenvalue weighted by Gasteiger charge is 2.16. The van der Waals surface area contributed by atoms with Gasteiger partial charge in [-0.3, -0.25) is 0 Å². The zero-order chi connectivity index (χ0) is 11.5. The Balaban J connectivity index is 2.24. The highest BCUT2D eigenvalue weighted by molar-refractivity contribution is 9.09. The highest BCUT2D eigenvalue weighted by Crippen LogP contribution is 2.36. The van der Waals surface area contributed by atoms with E-state index in [9.17, 15) is 0 Å². The van der Waals surface area contributed by atoms with Crippen LogP contribution in [0.25, 0.3) is 0 Å². The minimum atomic E-state index is 0.0554. The van der Waals surface area contributed by atoms with E-state index in [2.05, 4.69) is 25.9 Å². The third kappa shape index (κ3) is 2.59. The Labute approximate surface area is 112 Å². The van der Waals surface area contributed by atoms with E-state index in [0.29, 0.717) is 10.0 Å². The van der Waals surface area contributed by atoms with Crippen LogP contribution in [-0.2, 0) is 6.42 Å². The molecule has 1 N–H and O–H groups in total. The Kier molecular flexibility index (Phi) is 3.90. The molecule has 0 aliphatic carbocycles. The molecule has 0 amide bonds. The lowest BCUT2D eigenvalue weighted by Crippen LogP contribution is -1.99. The minimum absolute atomic E-state index is 0.0554. The lowest BCUT2D eigenvalue weighted by atomic mass is 10.1. The molecule has 0 saturated heterocycles. The first-order valence-corrected chi connectivity index (χ1v) is 6.42. The summed E-state index contributed by atoms with van der Waals surface area (Å²) in [5, 5.41) is 1.34. The van der Waals surface area contributed by atoms with Crippen LogP contribution in [0.2, 0.25) is 10.0 Å². The lowest BCUT2D eigenvalue weighted by molar-refractivity contribution is 0.877. The molecule has 2 rings (SSSR count). The monoisotopic (exact) mass is 318 g/mol. The first kappa shape index (κ1) is 12.0. The van der Waals surface area contributed by atoms with Crippen molar-refractivity contribution < 1.29 is 0 Å². The van der Waals surface area contributed by atoms with E-state index in [0.717, 1.165) is 17.8 Å². The van der Waals surface area contributed by atoms with E-state index >= 15 is 0 Å². The van der Waals surface area contributed by atoms with Gasteiger partial charge in [0.15, 0.2) is 0 Å². The number of aromatic amines is 1. The molecule has 1 aromatic carbocycles. The Morgan fingerprint density at radius 3 is 2.56 bits per heavy atom. The van der Waals surface area contributed by atoms with Crippen molar-refractivity contribution >= 4 is 39.1 Å². The van der Waals surface area contributed by atoms with Crippen LogP contribution in [-0.4, -0.2) is 9.97 Å². The van der Waals surface area contributed by atoms with E-state index in [1.165, 1.54) is 0 Å². The van der Waals surface area contributed by atoms with Gasteiger partial charge in [-0.25, -0.2) is 4.98 Å². The van der Waals surface area contributed by atoms with Gasteiger partial charge in [0, 0.05) is 39.3 Å². The molecule has 0 fully saturated rings. The smallest absolute Gasteiger partial charge is 0.107 e. The van der Waals surface area contributed by atoms with Crippen LogP contribution in [0.4, 0.5) is 0 Å². The second kappa shape index (κ2) is 5.21. The summed E-state index contributed by atoms with van der Waals surface area (Å²) in [6.45, 7) is 0. The van der Waals surface area contributed by atoms with Crippen molar-refractivity contribution in [3.8, 4) is 0 Å². The lowest BCUT2D eigenvalue weighted by Gasteiger charge is -2.12. The fourth-order valence-corrected chi connectivity index (χ4v) is 3.22. The Hall–Kier alpha value is -0.510. The highest BCUT2D eigenvalue weighted by atomic mass is 79.9. The van der Waals surface area contributed by atoms with Crippen LogP contribution in [0.3, 0.4) is 0 Å². The summed E-state index contributed by atoms with van der Waals surface area (Å²) in [6, 6.07) is 5.50. The Bertz CT molecular complexity index is 451. The van der Waals surface area contributed by atoms with Crippen molar-refractivity contribution in [2.75, 3.05) is 0 Å². The third-order valence-corrected chi connectivity index (χ3v) is 3.68. The zero-order valence-corrected chi connectivity index (χ0v) is 11.4. The maximum Gasteiger partial charge on any atom is 0.107 e. The van der Waals surface area contributed by atoms with Crippen molar-refractivity contribution in [1.82, 2.24) is 9.97 Å². The van der Waals surface area contributed by atoms with Crippen LogP contribution < -0.4 is 0 Å². The van der Waals surface area contributed by atoms with Crippen molar-refractivity contribution in [3.05, 3.63) is 52.0 Å². The van der Waals surface area contributed by atoms with Crippen molar-refractivity contribution in [3.63, 3.8) is 0 Å². The molecule has 0 saturated carbocycles. The molecular formula is C11H9BrCl2N2. The number of H-pyrrole nitrogens is 1. The van der Waals surface area contributed by atoms with Crippen LogP contribution in [0.15, 0.2) is 30.6 Å². The van der Waals surface area contributed by atoms with Gasteiger partial charge in [-0.2, -0.15) is 0 Å². The Morgan fingerprint density at radius 1 is 1.31 bits per heavy atom. The predicted octanol–water partition coefficient (Wildman–Crippen LogP) is 4.40. The summed E-state index contributed by atoms with van der Waals surface area (Å²) in [4.78, 5) is 7.27. The first-order chi connectivity index (χ1) is 7.68. The van der Waals surface area contributed by atoms with E-state index in [1.807, 2.05) is 18.2 Å².